The van der Waals surface area contributed by atoms with Crippen LogP contribution in [0.5, 0.6) is 0 Å². The first-order valence-corrected chi connectivity index (χ1v) is 9.22. The summed E-state index contributed by atoms with van der Waals surface area (Å²) in [6.07, 6.45) is 2.84. The Kier molecular flexibility index (Phi) is 4.57. The van der Waals surface area contributed by atoms with Crippen molar-refractivity contribution in [2.75, 3.05) is 0 Å². The van der Waals surface area contributed by atoms with E-state index in [1.54, 1.807) is 6.07 Å². The lowest BCUT2D eigenvalue weighted by Gasteiger charge is -2.14. The predicted octanol–water partition coefficient (Wildman–Crippen LogP) is 6.07. The van der Waals surface area contributed by atoms with Crippen LogP contribution in [0, 0.1) is 0 Å². The Morgan fingerprint density at radius 1 is 0.885 bits per heavy atom. The summed E-state index contributed by atoms with van der Waals surface area (Å²) in [5, 5.41) is 3.28. The van der Waals surface area contributed by atoms with E-state index in [1.807, 2.05) is 24.3 Å². The van der Waals surface area contributed by atoms with Gasteiger partial charge in [0.25, 0.3) is 0 Å². The number of fused-ring (bicyclic) bond motifs is 2. The van der Waals surface area contributed by atoms with Gasteiger partial charge >= 0.3 is 0 Å². The summed E-state index contributed by atoms with van der Waals surface area (Å²) in [5.74, 6) is 1.24. The standard InChI is InChI=1S/C24H22O2/c1-17(20-14-7-10-18-9-2-3-12-21(18)20)8-6-11-19-16-23(25)22-13-4-5-15-24(22)26-19/h2-5,7,9-10,12-17H,6,8,11H2,1H3/t17-/m0/s1. The van der Waals surface area contributed by atoms with E-state index in [-0.39, 0.29) is 5.43 Å². The second kappa shape index (κ2) is 7.17. The molecule has 0 bridgehead atoms. The molecular formula is C24H22O2. The highest BCUT2D eigenvalue weighted by atomic mass is 16.3. The second-order valence-corrected chi connectivity index (χ2v) is 6.93. The van der Waals surface area contributed by atoms with Crippen LogP contribution in [0.1, 0.15) is 37.0 Å². The molecule has 0 N–H and O–H groups in total. The second-order valence-electron chi connectivity index (χ2n) is 6.93. The van der Waals surface area contributed by atoms with Gasteiger partial charge in [0.15, 0.2) is 5.43 Å². The molecule has 130 valence electrons. The van der Waals surface area contributed by atoms with Crippen LogP contribution >= 0.6 is 0 Å². The molecule has 26 heavy (non-hydrogen) atoms. The van der Waals surface area contributed by atoms with Crippen LogP contribution in [-0.4, -0.2) is 0 Å². The summed E-state index contributed by atoms with van der Waals surface area (Å²) in [7, 11) is 0. The zero-order valence-electron chi connectivity index (χ0n) is 14.9. The van der Waals surface area contributed by atoms with Crippen LogP contribution in [0.15, 0.2) is 82.0 Å². The van der Waals surface area contributed by atoms with Crippen LogP contribution in [0.4, 0.5) is 0 Å². The van der Waals surface area contributed by atoms with Gasteiger partial charge in [0.2, 0.25) is 0 Å². The maximum absolute atomic E-state index is 12.2. The Balaban J connectivity index is 1.48. The Labute approximate surface area is 153 Å². The average molecular weight is 342 g/mol. The number of para-hydroxylation sites is 1. The Morgan fingerprint density at radius 3 is 2.50 bits per heavy atom. The molecule has 0 radical (unpaired) electrons. The van der Waals surface area contributed by atoms with Crippen LogP contribution < -0.4 is 5.43 Å². The Morgan fingerprint density at radius 2 is 1.62 bits per heavy atom. The van der Waals surface area contributed by atoms with E-state index < -0.39 is 0 Å². The monoisotopic (exact) mass is 342 g/mol. The van der Waals surface area contributed by atoms with E-state index in [2.05, 4.69) is 49.4 Å². The molecule has 2 heteroatoms. The molecule has 3 aromatic carbocycles. The van der Waals surface area contributed by atoms with Crippen molar-refractivity contribution >= 4 is 21.7 Å². The van der Waals surface area contributed by atoms with E-state index in [9.17, 15) is 4.79 Å². The van der Waals surface area contributed by atoms with Crippen LogP contribution in [0.3, 0.4) is 0 Å². The molecule has 0 saturated heterocycles. The quantitative estimate of drug-likeness (QED) is 0.440. The Bertz CT molecular complexity index is 1100. The first-order valence-electron chi connectivity index (χ1n) is 9.22. The van der Waals surface area contributed by atoms with Crippen molar-refractivity contribution < 1.29 is 4.42 Å². The first kappa shape index (κ1) is 16.6. The zero-order valence-corrected chi connectivity index (χ0v) is 14.9. The lowest BCUT2D eigenvalue weighted by molar-refractivity contribution is 0.511. The molecule has 4 aromatic rings. The van der Waals surface area contributed by atoms with Gasteiger partial charge in [-0.05, 0) is 47.2 Å². The smallest absolute Gasteiger partial charge is 0.192 e. The lowest BCUT2D eigenvalue weighted by Crippen LogP contribution is -2.03. The maximum atomic E-state index is 12.2. The maximum Gasteiger partial charge on any atom is 0.192 e. The lowest BCUT2D eigenvalue weighted by atomic mass is 9.91. The van der Waals surface area contributed by atoms with Gasteiger partial charge in [0, 0.05) is 12.5 Å². The van der Waals surface area contributed by atoms with Gasteiger partial charge in [-0.25, -0.2) is 0 Å². The molecule has 1 atom stereocenters. The summed E-state index contributed by atoms with van der Waals surface area (Å²) >= 11 is 0. The van der Waals surface area contributed by atoms with E-state index >= 15 is 0 Å². The highest BCUT2D eigenvalue weighted by Gasteiger charge is 2.10. The molecule has 0 aliphatic rings. The van der Waals surface area contributed by atoms with Crippen molar-refractivity contribution in [3.8, 4) is 0 Å². The fraction of sp³-hybridized carbons (Fsp3) is 0.208. The summed E-state index contributed by atoms with van der Waals surface area (Å²) in [4.78, 5) is 12.2. The SMILES string of the molecule is C[C@@H](CCCc1cc(=O)c2ccccc2o1)c1cccc2ccccc12. The van der Waals surface area contributed by atoms with Crippen molar-refractivity contribution in [2.45, 2.75) is 32.1 Å². The fourth-order valence-electron chi connectivity index (χ4n) is 3.70. The van der Waals surface area contributed by atoms with Gasteiger partial charge in [-0.1, -0.05) is 61.5 Å². The molecule has 0 saturated carbocycles. The molecule has 4 rings (SSSR count). The highest BCUT2D eigenvalue weighted by molar-refractivity contribution is 5.86. The average Bonchev–Trinajstić information content (AvgIpc) is 2.67. The third kappa shape index (κ3) is 3.28. The minimum atomic E-state index is 0.0453. The number of hydrogen-bond acceptors (Lipinski definition) is 2. The van der Waals surface area contributed by atoms with Gasteiger partial charge in [0.05, 0.1) is 5.39 Å². The van der Waals surface area contributed by atoms with Crippen molar-refractivity contribution in [1.29, 1.82) is 0 Å². The summed E-state index contributed by atoms with van der Waals surface area (Å²) in [6, 6.07) is 24.1. The number of hydrogen-bond donors (Lipinski definition) is 0. The van der Waals surface area contributed by atoms with Gasteiger partial charge in [0.1, 0.15) is 11.3 Å². The number of benzene rings is 3. The third-order valence-corrected chi connectivity index (χ3v) is 5.10. The summed E-state index contributed by atoms with van der Waals surface area (Å²) < 4.78 is 5.90. The summed E-state index contributed by atoms with van der Waals surface area (Å²) in [5.41, 5.74) is 2.11. The van der Waals surface area contributed by atoms with Crippen LogP contribution in [0.2, 0.25) is 0 Å². The van der Waals surface area contributed by atoms with E-state index in [1.165, 1.54) is 16.3 Å². The predicted molar refractivity (Wildman–Crippen MR) is 108 cm³/mol. The van der Waals surface area contributed by atoms with Crippen molar-refractivity contribution in [3.63, 3.8) is 0 Å². The molecule has 0 amide bonds. The molecule has 1 heterocycles. The van der Waals surface area contributed by atoms with E-state index in [4.69, 9.17) is 4.42 Å². The molecule has 0 fully saturated rings. The Hall–Kier alpha value is -2.87. The molecular weight excluding hydrogens is 320 g/mol. The molecule has 0 spiro atoms. The normalized spacial score (nSPS) is 12.5. The third-order valence-electron chi connectivity index (χ3n) is 5.10. The first-order chi connectivity index (χ1) is 12.7. The minimum Gasteiger partial charge on any atom is -0.461 e. The molecule has 2 nitrogen and oxygen atoms in total. The van der Waals surface area contributed by atoms with Crippen molar-refractivity contribution in [3.05, 3.63) is 94.3 Å². The molecule has 0 unspecified atom stereocenters. The van der Waals surface area contributed by atoms with E-state index in [0.29, 0.717) is 16.9 Å². The number of aryl methyl sites for hydroxylation is 1. The van der Waals surface area contributed by atoms with Gasteiger partial charge in [-0.15, -0.1) is 0 Å². The van der Waals surface area contributed by atoms with Gasteiger partial charge in [-0.2, -0.15) is 0 Å². The fourth-order valence-corrected chi connectivity index (χ4v) is 3.70. The molecule has 0 aliphatic heterocycles. The topological polar surface area (TPSA) is 30.2 Å². The number of rotatable bonds is 5. The van der Waals surface area contributed by atoms with Crippen LogP contribution in [-0.2, 0) is 6.42 Å². The van der Waals surface area contributed by atoms with Crippen LogP contribution in [0.25, 0.3) is 21.7 Å². The molecule has 1 aromatic heterocycles. The zero-order chi connectivity index (χ0) is 17.9. The van der Waals surface area contributed by atoms with Gasteiger partial charge in [-0.3, -0.25) is 4.79 Å². The van der Waals surface area contributed by atoms with Crippen molar-refractivity contribution in [1.82, 2.24) is 0 Å². The van der Waals surface area contributed by atoms with E-state index in [0.717, 1.165) is 25.0 Å². The highest BCUT2D eigenvalue weighted by Crippen LogP contribution is 2.29. The largest absolute Gasteiger partial charge is 0.461 e. The van der Waals surface area contributed by atoms with Gasteiger partial charge < -0.3 is 4.42 Å². The molecule has 0 aliphatic carbocycles. The van der Waals surface area contributed by atoms with Crippen molar-refractivity contribution in [2.24, 2.45) is 0 Å². The summed E-state index contributed by atoms with van der Waals surface area (Å²) in [6.45, 7) is 2.28. The minimum absolute atomic E-state index is 0.0453.